The van der Waals surface area contributed by atoms with E-state index in [-0.39, 0.29) is 25.3 Å². The van der Waals surface area contributed by atoms with Crippen molar-refractivity contribution in [3.8, 4) is 0 Å². The van der Waals surface area contributed by atoms with Gasteiger partial charge in [-0.2, -0.15) is 4.39 Å². The highest BCUT2D eigenvalue weighted by molar-refractivity contribution is 5.94. The molecule has 1 aromatic heterocycles. The van der Waals surface area contributed by atoms with Crippen LogP contribution in [0.25, 0.3) is 0 Å². The number of carbonyl (C=O) groups excluding carboxylic acids is 1. The monoisotopic (exact) mass is 254 g/mol. The van der Waals surface area contributed by atoms with Crippen LogP contribution in [0.5, 0.6) is 0 Å². The van der Waals surface area contributed by atoms with Crippen LogP contribution >= 0.6 is 0 Å². The first kappa shape index (κ1) is 12.4. The Morgan fingerprint density at radius 2 is 2.33 bits per heavy atom. The second kappa shape index (κ2) is 5.09. The fourth-order valence-electron chi connectivity index (χ4n) is 1.70. The summed E-state index contributed by atoms with van der Waals surface area (Å²) in [6, 6.07) is 2.41. The van der Waals surface area contributed by atoms with Crippen molar-refractivity contribution in [1.82, 2.24) is 9.88 Å². The molecule has 2 heterocycles. The molecule has 1 fully saturated rings. The van der Waals surface area contributed by atoms with Crippen LogP contribution < -0.4 is 0 Å². The predicted molar refractivity (Wildman–Crippen MR) is 57.5 cm³/mol. The summed E-state index contributed by atoms with van der Waals surface area (Å²) < 4.78 is 17.9. The molecule has 0 spiro atoms. The minimum absolute atomic E-state index is 0.0435. The number of carboxylic acids is 1. The van der Waals surface area contributed by atoms with Crippen molar-refractivity contribution in [2.45, 2.75) is 6.10 Å². The molecule has 0 aliphatic carbocycles. The van der Waals surface area contributed by atoms with Gasteiger partial charge in [0, 0.05) is 24.4 Å². The number of rotatable bonds is 2. The normalized spacial score (nSPS) is 19.6. The minimum Gasteiger partial charge on any atom is -0.479 e. The van der Waals surface area contributed by atoms with Gasteiger partial charge in [0.25, 0.3) is 5.91 Å². The Morgan fingerprint density at radius 3 is 3.00 bits per heavy atom. The number of carboxylic acid groups (broad SMARTS) is 1. The lowest BCUT2D eigenvalue weighted by Crippen LogP contribution is -2.48. The molecule has 18 heavy (non-hydrogen) atoms. The maximum atomic E-state index is 12.9. The van der Waals surface area contributed by atoms with Gasteiger partial charge in [-0.1, -0.05) is 0 Å². The van der Waals surface area contributed by atoms with Gasteiger partial charge < -0.3 is 14.7 Å². The largest absolute Gasteiger partial charge is 0.479 e. The van der Waals surface area contributed by atoms with E-state index in [1.807, 2.05) is 0 Å². The smallest absolute Gasteiger partial charge is 0.334 e. The average molecular weight is 254 g/mol. The van der Waals surface area contributed by atoms with Gasteiger partial charge in [0.1, 0.15) is 0 Å². The summed E-state index contributed by atoms with van der Waals surface area (Å²) in [6.07, 6.45) is 0.159. The third kappa shape index (κ3) is 2.62. The molecule has 7 heteroatoms. The summed E-state index contributed by atoms with van der Waals surface area (Å²) in [5.41, 5.74) is 0.147. The highest BCUT2D eigenvalue weighted by atomic mass is 19.1. The van der Waals surface area contributed by atoms with Crippen LogP contribution in [0.3, 0.4) is 0 Å². The van der Waals surface area contributed by atoms with Crippen molar-refractivity contribution in [2.24, 2.45) is 0 Å². The predicted octanol–water partition coefficient (Wildman–Crippen LogP) is 0.146. The zero-order valence-electron chi connectivity index (χ0n) is 9.38. The Hall–Kier alpha value is -2.02. The lowest BCUT2D eigenvalue weighted by atomic mass is 10.2. The molecule has 2 rings (SSSR count). The number of carbonyl (C=O) groups is 2. The Morgan fingerprint density at radius 1 is 1.56 bits per heavy atom. The number of aromatic nitrogens is 1. The van der Waals surface area contributed by atoms with E-state index >= 15 is 0 Å². The molecule has 1 aliphatic heterocycles. The molecule has 1 saturated heterocycles. The number of halogens is 1. The molecule has 1 amide bonds. The SMILES string of the molecule is O=C(O)C1CN(C(=O)c2ccnc(F)c2)CCO1. The van der Waals surface area contributed by atoms with Gasteiger partial charge in [-0.25, -0.2) is 9.78 Å². The van der Waals surface area contributed by atoms with Crippen molar-refractivity contribution in [2.75, 3.05) is 19.7 Å². The Kier molecular flexibility index (Phi) is 3.52. The number of pyridine rings is 1. The zero-order chi connectivity index (χ0) is 13.1. The topological polar surface area (TPSA) is 79.7 Å². The molecular formula is C11H11FN2O4. The van der Waals surface area contributed by atoms with Crippen molar-refractivity contribution in [3.63, 3.8) is 0 Å². The maximum Gasteiger partial charge on any atom is 0.334 e. The number of nitrogens with zero attached hydrogens (tertiary/aromatic N) is 2. The molecule has 1 unspecified atom stereocenters. The van der Waals surface area contributed by atoms with Crippen LogP contribution in [0.1, 0.15) is 10.4 Å². The van der Waals surface area contributed by atoms with Crippen LogP contribution in [-0.2, 0) is 9.53 Å². The first-order chi connectivity index (χ1) is 8.58. The van der Waals surface area contributed by atoms with Crippen LogP contribution in [0.4, 0.5) is 4.39 Å². The van der Waals surface area contributed by atoms with E-state index in [4.69, 9.17) is 9.84 Å². The van der Waals surface area contributed by atoms with Crippen molar-refractivity contribution in [1.29, 1.82) is 0 Å². The van der Waals surface area contributed by atoms with E-state index < -0.39 is 23.9 Å². The highest BCUT2D eigenvalue weighted by Crippen LogP contribution is 2.11. The minimum atomic E-state index is -1.12. The molecule has 96 valence electrons. The van der Waals surface area contributed by atoms with Gasteiger partial charge in [-0.15, -0.1) is 0 Å². The maximum absolute atomic E-state index is 12.9. The Balaban J connectivity index is 2.11. The summed E-state index contributed by atoms with van der Waals surface area (Å²) in [7, 11) is 0. The number of morpholine rings is 1. The summed E-state index contributed by atoms with van der Waals surface area (Å²) in [5, 5.41) is 8.82. The molecule has 0 aromatic carbocycles. The van der Waals surface area contributed by atoms with Gasteiger partial charge >= 0.3 is 5.97 Å². The van der Waals surface area contributed by atoms with Gasteiger partial charge in [0.05, 0.1) is 13.2 Å². The van der Waals surface area contributed by atoms with Crippen LogP contribution in [0.2, 0.25) is 0 Å². The first-order valence-electron chi connectivity index (χ1n) is 5.33. The molecule has 6 nitrogen and oxygen atoms in total. The number of amides is 1. The van der Waals surface area contributed by atoms with Gasteiger partial charge in [-0.05, 0) is 6.07 Å². The highest BCUT2D eigenvalue weighted by Gasteiger charge is 2.29. The van der Waals surface area contributed by atoms with Crippen LogP contribution in [0.15, 0.2) is 18.3 Å². The van der Waals surface area contributed by atoms with Crippen molar-refractivity contribution < 1.29 is 23.8 Å². The molecule has 1 N–H and O–H groups in total. The Labute approximate surface area is 102 Å². The van der Waals surface area contributed by atoms with E-state index in [1.165, 1.54) is 17.2 Å². The second-order valence-electron chi connectivity index (χ2n) is 3.82. The van der Waals surface area contributed by atoms with E-state index in [9.17, 15) is 14.0 Å². The first-order valence-corrected chi connectivity index (χ1v) is 5.33. The number of hydrogen-bond acceptors (Lipinski definition) is 4. The number of aliphatic carboxylic acids is 1. The van der Waals surface area contributed by atoms with E-state index in [0.29, 0.717) is 0 Å². The summed E-state index contributed by atoms with van der Waals surface area (Å²) in [4.78, 5) is 27.5. The molecule has 0 bridgehead atoms. The summed E-state index contributed by atoms with van der Waals surface area (Å²) >= 11 is 0. The fraction of sp³-hybridized carbons (Fsp3) is 0.364. The van der Waals surface area contributed by atoms with E-state index in [1.54, 1.807) is 0 Å². The molecule has 0 radical (unpaired) electrons. The van der Waals surface area contributed by atoms with Gasteiger partial charge in [0.2, 0.25) is 5.95 Å². The molecular weight excluding hydrogens is 243 g/mol. The van der Waals surface area contributed by atoms with Crippen molar-refractivity contribution in [3.05, 3.63) is 29.8 Å². The standard InChI is InChI=1S/C11H11FN2O4/c12-9-5-7(1-2-13-9)10(15)14-3-4-18-8(6-14)11(16)17/h1-2,5,8H,3-4,6H2,(H,16,17). The molecule has 1 aromatic rings. The van der Waals surface area contributed by atoms with E-state index in [2.05, 4.69) is 4.98 Å². The van der Waals surface area contributed by atoms with Gasteiger partial charge in [0.15, 0.2) is 6.10 Å². The zero-order valence-corrected chi connectivity index (χ0v) is 9.38. The summed E-state index contributed by atoms with van der Waals surface area (Å²) in [5.74, 6) is -2.29. The van der Waals surface area contributed by atoms with Crippen LogP contribution in [-0.4, -0.2) is 52.7 Å². The summed E-state index contributed by atoms with van der Waals surface area (Å²) in [6.45, 7) is 0.390. The van der Waals surface area contributed by atoms with Crippen LogP contribution in [0, 0.1) is 5.95 Å². The second-order valence-corrected chi connectivity index (χ2v) is 3.82. The third-order valence-corrected chi connectivity index (χ3v) is 2.60. The molecule has 1 atom stereocenters. The number of hydrogen-bond donors (Lipinski definition) is 1. The lowest BCUT2D eigenvalue weighted by Gasteiger charge is -2.30. The lowest BCUT2D eigenvalue weighted by molar-refractivity contribution is -0.154. The molecule has 1 aliphatic rings. The average Bonchev–Trinajstić information content (AvgIpc) is 2.38. The Bertz CT molecular complexity index is 480. The van der Waals surface area contributed by atoms with Crippen molar-refractivity contribution >= 4 is 11.9 Å². The number of ether oxygens (including phenoxy) is 1. The molecule has 0 saturated carbocycles. The van der Waals surface area contributed by atoms with E-state index in [0.717, 1.165) is 6.07 Å². The fourth-order valence-corrected chi connectivity index (χ4v) is 1.70. The quantitative estimate of drug-likeness (QED) is 0.760. The third-order valence-electron chi connectivity index (χ3n) is 2.60. The van der Waals surface area contributed by atoms with Gasteiger partial charge in [-0.3, -0.25) is 4.79 Å².